The van der Waals surface area contributed by atoms with Crippen molar-refractivity contribution >= 4 is 23.3 Å². The van der Waals surface area contributed by atoms with Gasteiger partial charge in [0.2, 0.25) is 0 Å². The number of nitrogens with zero attached hydrogens (tertiary/aromatic N) is 4. The van der Waals surface area contributed by atoms with Crippen molar-refractivity contribution in [3.05, 3.63) is 53.4 Å². The van der Waals surface area contributed by atoms with Crippen molar-refractivity contribution in [2.24, 2.45) is 0 Å². The Hall–Kier alpha value is -2.14. The summed E-state index contributed by atoms with van der Waals surface area (Å²) in [6.45, 7) is 2.84. The van der Waals surface area contributed by atoms with E-state index in [0.29, 0.717) is 18.2 Å². The third kappa shape index (κ3) is 3.13. The average Bonchev–Trinajstić information content (AvgIpc) is 2.55. The summed E-state index contributed by atoms with van der Waals surface area (Å²) in [5, 5.41) is 0.433. The molecular formula is C15H15ClN4O. The van der Waals surface area contributed by atoms with Gasteiger partial charge in [0, 0.05) is 37.8 Å². The number of anilines is 1. The highest BCUT2D eigenvalue weighted by Crippen LogP contribution is 2.17. The van der Waals surface area contributed by atoms with E-state index >= 15 is 0 Å². The molecule has 21 heavy (non-hydrogen) atoms. The van der Waals surface area contributed by atoms with Gasteiger partial charge in [-0.3, -0.25) is 4.79 Å². The van der Waals surface area contributed by atoms with E-state index in [9.17, 15) is 4.79 Å². The van der Waals surface area contributed by atoms with Crippen molar-refractivity contribution in [3.8, 4) is 0 Å². The molecule has 2 aromatic rings. The minimum atomic E-state index is 0.0796. The van der Waals surface area contributed by atoms with E-state index in [2.05, 4.69) is 14.9 Å². The van der Waals surface area contributed by atoms with Crippen molar-refractivity contribution in [2.75, 3.05) is 31.1 Å². The minimum Gasteiger partial charge on any atom is -0.353 e. The fraction of sp³-hybridized carbons (Fsp3) is 0.267. The van der Waals surface area contributed by atoms with Crippen LogP contribution in [-0.2, 0) is 0 Å². The molecule has 108 valence electrons. The van der Waals surface area contributed by atoms with Crippen LogP contribution in [-0.4, -0.2) is 47.0 Å². The molecule has 0 N–H and O–H groups in total. The van der Waals surface area contributed by atoms with E-state index in [1.165, 1.54) is 6.33 Å². The molecule has 3 rings (SSSR count). The summed E-state index contributed by atoms with van der Waals surface area (Å²) in [4.78, 5) is 24.4. The molecule has 0 aliphatic carbocycles. The van der Waals surface area contributed by atoms with E-state index in [-0.39, 0.29) is 5.91 Å². The molecule has 1 aliphatic heterocycles. The highest BCUT2D eigenvalue weighted by Gasteiger charge is 2.22. The molecule has 5 nitrogen and oxygen atoms in total. The Bertz CT molecular complexity index is 627. The van der Waals surface area contributed by atoms with Crippen molar-refractivity contribution in [1.29, 1.82) is 0 Å². The zero-order chi connectivity index (χ0) is 14.7. The first-order chi connectivity index (χ1) is 10.2. The van der Waals surface area contributed by atoms with Crippen LogP contribution in [0.2, 0.25) is 5.15 Å². The zero-order valence-electron chi connectivity index (χ0n) is 11.4. The quantitative estimate of drug-likeness (QED) is 0.797. The van der Waals surface area contributed by atoms with Gasteiger partial charge in [-0.05, 0) is 12.1 Å². The Kier molecular flexibility index (Phi) is 4.01. The molecule has 1 amide bonds. The predicted octanol–water partition coefficient (Wildman–Crippen LogP) is 2.09. The Balaban J connectivity index is 1.64. The third-order valence-electron chi connectivity index (χ3n) is 3.53. The number of carbonyl (C=O) groups is 1. The molecule has 1 aliphatic rings. The van der Waals surface area contributed by atoms with Gasteiger partial charge in [-0.1, -0.05) is 29.8 Å². The summed E-state index contributed by atoms with van der Waals surface area (Å²) >= 11 is 5.88. The lowest BCUT2D eigenvalue weighted by Gasteiger charge is -2.35. The van der Waals surface area contributed by atoms with Crippen LogP contribution in [0.1, 0.15) is 10.4 Å². The summed E-state index contributed by atoms with van der Waals surface area (Å²) in [7, 11) is 0. The highest BCUT2D eigenvalue weighted by molar-refractivity contribution is 6.29. The van der Waals surface area contributed by atoms with Crippen LogP contribution in [0.15, 0.2) is 42.7 Å². The van der Waals surface area contributed by atoms with E-state index in [1.807, 2.05) is 35.2 Å². The Morgan fingerprint density at radius 3 is 2.43 bits per heavy atom. The maximum Gasteiger partial charge on any atom is 0.253 e. The third-order valence-corrected chi connectivity index (χ3v) is 3.74. The molecule has 0 radical (unpaired) electrons. The molecule has 6 heteroatoms. The van der Waals surface area contributed by atoms with E-state index in [0.717, 1.165) is 24.5 Å². The van der Waals surface area contributed by atoms with E-state index < -0.39 is 0 Å². The van der Waals surface area contributed by atoms with Gasteiger partial charge in [0.1, 0.15) is 17.3 Å². The number of carbonyl (C=O) groups excluding carboxylic acids is 1. The molecule has 1 fully saturated rings. The molecular weight excluding hydrogens is 288 g/mol. The molecule has 0 spiro atoms. The second kappa shape index (κ2) is 6.10. The number of hydrogen-bond donors (Lipinski definition) is 0. The molecule has 0 unspecified atom stereocenters. The van der Waals surface area contributed by atoms with Crippen LogP contribution >= 0.6 is 11.6 Å². The van der Waals surface area contributed by atoms with Crippen molar-refractivity contribution in [2.45, 2.75) is 0 Å². The fourth-order valence-corrected chi connectivity index (χ4v) is 2.54. The summed E-state index contributed by atoms with van der Waals surface area (Å²) < 4.78 is 0. The number of aromatic nitrogens is 2. The zero-order valence-corrected chi connectivity index (χ0v) is 12.2. The van der Waals surface area contributed by atoms with Gasteiger partial charge in [-0.2, -0.15) is 0 Å². The lowest BCUT2D eigenvalue weighted by Crippen LogP contribution is -2.49. The normalized spacial score (nSPS) is 15.1. The number of halogens is 1. The standard InChI is InChI=1S/C15H15ClN4O/c16-13-10-14(18-11-17-13)19-6-8-20(9-7-19)15(21)12-4-2-1-3-5-12/h1-5,10-11H,6-9H2. The first kappa shape index (κ1) is 13.8. The Morgan fingerprint density at radius 1 is 1.05 bits per heavy atom. The summed E-state index contributed by atoms with van der Waals surface area (Å²) in [5.74, 6) is 0.887. The lowest BCUT2D eigenvalue weighted by molar-refractivity contribution is 0.0746. The number of rotatable bonds is 2. The molecule has 2 heterocycles. The van der Waals surface area contributed by atoms with Crippen LogP contribution in [0.3, 0.4) is 0 Å². The van der Waals surface area contributed by atoms with Crippen LogP contribution in [0.25, 0.3) is 0 Å². The summed E-state index contributed by atoms with van der Waals surface area (Å²) in [6, 6.07) is 11.1. The lowest BCUT2D eigenvalue weighted by atomic mass is 10.2. The second-order valence-electron chi connectivity index (χ2n) is 4.84. The number of benzene rings is 1. The van der Waals surface area contributed by atoms with Gasteiger partial charge in [-0.15, -0.1) is 0 Å². The van der Waals surface area contributed by atoms with Gasteiger partial charge < -0.3 is 9.80 Å². The monoisotopic (exact) mass is 302 g/mol. The molecule has 0 bridgehead atoms. The second-order valence-corrected chi connectivity index (χ2v) is 5.23. The smallest absolute Gasteiger partial charge is 0.253 e. The van der Waals surface area contributed by atoms with Gasteiger partial charge in [0.05, 0.1) is 0 Å². The molecule has 0 atom stereocenters. The van der Waals surface area contributed by atoms with Crippen LogP contribution in [0, 0.1) is 0 Å². The van der Waals surface area contributed by atoms with Crippen LogP contribution in [0.4, 0.5) is 5.82 Å². The maximum atomic E-state index is 12.4. The SMILES string of the molecule is O=C(c1ccccc1)N1CCN(c2cc(Cl)ncn2)CC1. The van der Waals surface area contributed by atoms with Gasteiger partial charge in [0.15, 0.2) is 0 Å². The average molecular weight is 303 g/mol. The van der Waals surface area contributed by atoms with E-state index in [4.69, 9.17) is 11.6 Å². The van der Waals surface area contributed by atoms with Crippen molar-refractivity contribution < 1.29 is 4.79 Å². The molecule has 1 saturated heterocycles. The minimum absolute atomic E-state index is 0.0796. The van der Waals surface area contributed by atoms with Gasteiger partial charge in [0.25, 0.3) is 5.91 Å². The van der Waals surface area contributed by atoms with Gasteiger partial charge in [-0.25, -0.2) is 9.97 Å². The summed E-state index contributed by atoms with van der Waals surface area (Å²) in [6.07, 6.45) is 1.46. The van der Waals surface area contributed by atoms with Crippen molar-refractivity contribution in [1.82, 2.24) is 14.9 Å². The number of amides is 1. The first-order valence-electron chi connectivity index (χ1n) is 6.81. The largest absolute Gasteiger partial charge is 0.353 e. The highest BCUT2D eigenvalue weighted by atomic mass is 35.5. The molecule has 0 saturated carbocycles. The number of hydrogen-bond acceptors (Lipinski definition) is 4. The van der Waals surface area contributed by atoms with E-state index in [1.54, 1.807) is 6.07 Å². The molecule has 1 aromatic heterocycles. The van der Waals surface area contributed by atoms with Crippen LogP contribution < -0.4 is 4.90 Å². The topological polar surface area (TPSA) is 49.3 Å². The summed E-state index contributed by atoms with van der Waals surface area (Å²) in [5.41, 5.74) is 0.732. The predicted molar refractivity (Wildman–Crippen MR) is 81.6 cm³/mol. The van der Waals surface area contributed by atoms with Crippen LogP contribution in [0.5, 0.6) is 0 Å². The Morgan fingerprint density at radius 2 is 1.76 bits per heavy atom. The number of piperazine rings is 1. The fourth-order valence-electron chi connectivity index (χ4n) is 2.40. The van der Waals surface area contributed by atoms with Gasteiger partial charge >= 0.3 is 0 Å². The molecule has 1 aromatic carbocycles. The van der Waals surface area contributed by atoms with Crippen molar-refractivity contribution in [3.63, 3.8) is 0 Å². The Labute approximate surface area is 128 Å². The first-order valence-corrected chi connectivity index (χ1v) is 7.18. The maximum absolute atomic E-state index is 12.4.